The number of nitrogens with zero attached hydrogens (tertiary/aromatic N) is 4. The minimum Gasteiger partial charge on any atom is -0.337 e. The predicted octanol–water partition coefficient (Wildman–Crippen LogP) is 3.89. The third kappa shape index (κ3) is 4.48. The molecule has 154 valence electrons. The van der Waals surface area contributed by atoms with Crippen molar-refractivity contribution in [1.29, 1.82) is 0 Å². The zero-order valence-corrected chi connectivity index (χ0v) is 18.6. The molecule has 2 heterocycles. The second-order valence-corrected chi connectivity index (χ2v) is 9.10. The van der Waals surface area contributed by atoms with Crippen LogP contribution in [0.25, 0.3) is 16.7 Å². The molecule has 1 unspecified atom stereocenters. The van der Waals surface area contributed by atoms with Gasteiger partial charge in [-0.25, -0.2) is 9.67 Å². The Labute approximate surface area is 178 Å². The smallest absolute Gasteiger partial charge is 0.262 e. The minimum absolute atomic E-state index is 0.00564. The molecule has 0 saturated heterocycles. The van der Waals surface area contributed by atoms with Gasteiger partial charge in [-0.1, -0.05) is 29.4 Å². The molecule has 7 nitrogen and oxygen atoms in total. The van der Waals surface area contributed by atoms with Crippen LogP contribution in [0.4, 0.5) is 0 Å². The Morgan fingerprint density at radius 3 is 2.52 bits per heavy atom. The van der Waals surface area contributed by atoms with Crippen molar-refractivity contribution in [3.63, 3.8) is 0 Å². The van der Waals surface area contributed by atoms with Crippen LogP contribution in [0.3, 0.4) is 0 Å². The van der Waals surface area contributed by atoms with Crippen molar-refractivity contribution in [3.05, 3.63) is 45.8 Å². The number of thioether (sulfide) groups is 1. The van der Waals surface area contributed by atoms with E-state index in [-0.39, 0.29) is 23.6 Å². The Morgan fingerprint density at radius 2 is 1.90 bits per heavy atom. The molecule has 0 aliphatic heterocycles. The lowest BCUT2D eigenvalue weighted by atomic mass is 10.2. The van der Waals surface area contributed by atoms with Crippen LogP contribution in [-0.2, 0) is 4.79 Å². The molecular formula is C20H24ClN5O2S. The van der Waals surface area contributed by atoms with E-state index in [1.165, 1.54) is 18.0 Å². The molecule has 3 aromatic rings. The summed E-state index contributed by atoms with van der Waals surface area (Å²) < 4.78 is 1.57. The predicted molar refractivity (Wildman–Crippen MR) is 117 cm³/mol. The van der Waals surface area contributed by atoms with E-state index in [1.54, 1.807) is 22.9 Å². The topological polar surface area (TPSA) is 83.9 Å². The van der Waals surface area contributed by atoms with Crippen LogP contribution in [0.5, 0.6) is 0 Å². The third-order valence-electron chi connectivity index (χ3n) is 4.47. The summed E-state index contributed by atoms with van der Waals surface area (Å²) >= 11 is 7.31. The number of halogens is 1. The molecule has 1 amide bonds. The van der Waals surface area contributed by atoms with Gasteiger partial charge in [-0.05, 0) is 52.8 Å². The highest BCUT2D eigenvalue weighted by Crippen LogP contribution is 2.24. The summed E-state index contributed by atoms with van der Waals surface area (Å²) in [5.41, 5.74) is 0.828. The maximum Gasteiger partial charge on any atom is 0.262 e. The largest absolute Gasteiger partial charge is 0.337 e. The van der Waals surface area contributed by atoms with Crippen molar-refractivity contribution < 1.29 is 4.79 Å². The molecule has 0 fully saturated rings. The maximum atomic E-state index is 12.9. The van der Waals surface area contributed by atoms with Crippen LogP contribution in [0.1, 0.15) is 34.6 Å². The van der Waals surface area contributed by atoms with E-state index in [1.807, 2.05) is 45.6 Å². The Kier molecular flexibility index (Phi) is 6.33. The molecule has 0 aliphatic rings. The van der Waals surface area contributed by atoms with Gasteiger partial charge in [0.25, 0.3) is 5.56 Å². The molecule has 0 bridgehead atoms. The summed E-state index contributed by atoms with van der Waals surface area (Å²) in [6.07, 6.45) is 1.48. The molecule has 3 rings (SSSR count). The van der Waals surface area contributed by atoms with Gasteiger partial charge >= 0.3 is 0 Å². The van der Waals surface area contributed by atoms with Gasteiger partial charge in [0.05, 0.1) is 17.1 Å². The number of hydrogen-bond acceptors (Lipinski definition) is 5. The fraction of sp³-hybridized carbons (Fsp3) is 0.400. The van der Waals surface area contributed by atoms with Gasteiger partial charge in [-0.15, -0.1) is 0 Å². The van der Waals surface area contributed by atoms with Gasteiger partial charge in [0.1, 0.15) is 5.39 Å². The molecule has 0 radical (unpaired) electrons. The van der Waals surface area contributed by atoms with E-state index < -0.39 is 5.25 Å². The van der Waals surface area contributed by atoms with Gasteiger partial charge in [0.2, 0.25) is 5.91 Å². The molecule has 1 atom stereocenters. The fourth-order valence-corrected chi connectivity index (χ4v) is 4.32. The number of aromatic amines is 1. The molecule has 0 spiro atoms. The normalized spacial score (nSPS) is 12.7. The molecule has 9 heteroatoms. The van der Waals surface area contributed by atoms with Crippen molar-refractivity contribution >= 4 is 40.3 Å². The first-order chi connectivity index (χ1) is 13.7. The summed E-state index contributed by atoms with van der Waals surface area (Å²) in [4.78, 5) is 34.6. The number of carbonyl (C=O) groups excluding carboxylic acids is 1. The van der Waals surface area contributed by atoms with Crippen molar-refractivity contribution in [2.24, 2.45) is 0 Å². The Morgan fingerprint density at radius 1 is 1.21 bits per heavy atom. The molecule has 0 saturated carbocycles. The highest BCUT2D eigenvalue weighted by atomic mass is 35.5. The average Bonchev–Trinajstić information content (AvgIpc) is 3.05. The number of carbonyl (C=O) groups is 1. The molecule has 1 aromatic carbocycles. The quantitative estimate of drug-likeness (QED) is 0.471. The van der Waals surface area contributed by atoms with Crippen LogP contribution >= 0.6 is 23.4 Å². The standard InChI is InChI=1S/C20H24ClN5O2S/c1-11(2)25(12(3)4)19(28)13(5)29-20-23-17-16(18(27)24-20)10-22-26(17)15-8-6-7-14(21)9-15/h6-13H,1-5H3,(H,23,24,27). The van der Waals surface area contributed by atoms with E-state index >= 15 is 0 Å². The van der Waals surface area contributed by atoms with Gasteiger partial charge < -0.3 is 9.88 Å². The Hall–Kier alpha value is -2.32. The van der Waals surface area contributed by atoms with E-state index in [0.717, 1.165) is 0 Å². The number of benzene rings is 1. The lowest BCUT2D eigenvalue weighted by molar-refractivity contribution is -0.133. The minimum atomic E-state index is -0.400. The number of fused-ring (bicyclic) bond motifs is 1. The molecule has 1 N–H and O–H groups in total. The van der Waals surface area contributed by atoms with Crippen LogP contribution in [-0.4, -0.2) is 47.9 Å². The first kappa shape index (κ1) is 21.4. The summed E-state index contributed by atoms with van der Waals surface area (Å²) in [7, 11) is 0. The first-order valence-corrected chi connectivity index (χ1v) is 10.7. The Bertz CT molecular complexity index is 1080. The maximum absolute atomic E-state index is 12.9. The van der Waals surface area contributed by atoms with Gasteiger partial charge in [-0.2, -0.15) is 5.10 Å². The van der Waals surface area contributed by atoms with Gasteiger partial charge in [0, 0.05) is 17.1 Å². The number of rotatable bonds is 6. The number of amides is 1. The van der Waals surface area contributed by atoms with Crippen molar-refractivity contribution in [3.8, 4) is 5.69 Å². The van der Waals surface area contributed by atoms with Gasteiger partial charge in [-0.3, -0.25) is 9.59 Å². The SMILES string of the molecule is CC(Sc1nc2c(cnn2-c2cccc(Cl)c2)c(=O)[nH]1)C(=O)N(C(C)C)C(C)C. The van der Waals surface area contributed by atoms with E-state index in [4.69, 9.17) is 11.6 Å². The highest BCUT2D eigenvalue weighted by molar-refractivity contribution is 8.00. The number of nitrogens with one attached hydrogen (secondary N) is 1. The zero-order valence-electron chi connectivity index (χ0n) is 17.0. The summed E-state index contributed by atoms with van der Waals surface area (Å²) in [5.74, 6) is 0.00564. The lowest BCUT2D eigenvalue weighted by Crippen LogP contribution is -2.45. The average molecular weight is 434 g/mol. The van der Waals surface area contributed by atoms with E-state index in [0.29, 0.717) is 26.9 Å². The number of H-pyrrole nitrogens is 1. The zero-order chi connectivity index (χ0) is 21.3. The summed E-state index contributed by atoms with van der Waals surface area (Å²) in [6, 6.07) is 7.33. The molecule has 2 aromatic heterocycles. The van der Waals surface area contributed by atoms with Gasteiger partial charge in [0.15, 0.2) is 10.8 Å². The monoisotopic (exact) mass is 433 g/mol. The van der Waals surface area contributed by atoms with Crippen LogP contribution in [0.15, 0.2) is 40.4 Å². The molecule has 0 aliphatic carbocycles. The van der Waals surface area contributed by atoms with Crippen molar-refractivity contribution in [2.75, 3.05) is 0 Å². The van der Waals surface area contributed by atoms with Crippen LogP contribution in [0, 0.1) is 0 Å². The summed E-state index contributed by atoms with van der Waals surface area (Å²) in [5, 5.41) is 5.20. The van der Waals surface area contributed by atoms with Crippen molar-refractivity contribution in [1.82, 2.24) is 24.6 Å². The summed E-state index contributed by atoms with van der Waals surface area (Å²) in [6.45, 7) is 9.79. The second-order valence-electron chi connectivity index (χ2n) is 7.34. The highest BCUT2D eigenvalue weighted by Gasteiger charge is 2.26. The van der Waals surface area contributed by atoms with Crippen LogP contribution < -0.4 is 5.56 Å². The molecular weight excluding hydrogens is 410 g/mol. The molecule has 29 heavy (non-hydrogen) atoms. The Balaban J connectivity index is 1.96. The number of aromatic nitrogens is 4. The second kappa shape index (κ2) is 8.59. The number of hydrogen-bond donors (Lipinski definition) is 1. The fourth-order valence-electron chi connectivity index (χ4n) is 3.28. The van der Waals surface area contributed by atoms with Crippen LogP contribution in [0.2, 0.25) is 5.02 Å². The van der Waals surface area contributed by atoms with E-state index in [2.05, 4.69) is 15.1 Å². The van der Waals surface area contributed by atoms with E-state index in [9.17, 15) is 9.59 Å². The van der Waals surface area contributed by atoms with Crippen molar-refractivity contribution in [2.45, 2.75) is 57.1 Å². The third-order valence-corrected chi connectivity index (χ3v) is 5.68. The lowest BCUT2D eigenvalue weighted by Gasteiger charge is -2.32. The first-order valence-electron chi connectivity index (χ1n) is 9.42.